The van der Waals surface area contributed by atoms with Crippen LogP contribution in [0.1, 0.15) is 0 Å². The first-order chi connectivity index (χ1) is 6.50. The highest BCUT2D eigenvalue weighted by Crippen LogP contribution is 2.41. The minimum Gasteiger partial charge on any atom is -0.419 e. The zero-order valence-electron chi connectivity index (χ0n) is 6.53. The number of ether oxygens (including phenoxy) is 1. The van der Waals surface area contributed by atoms with Crippen LogP contribution < -0.4 is 0 Å². The Morgan fingerprint density at radius 1 is 1.27 bits per heavy atom. The summed E-state index contributed by atoms with van der Waals surface area (Å²) < 4.78 is 91.5. The van der Waals surface area contributed by atoms with Gasteiger partial charge in [-0.15, -0.1) is 0 Å². The van der Waals surface area contributed by atoms with Crippen molar-refractivity contribution in [3.8, 4) is 0 Å². The van der Waals surface area contributed by atoms with Gasteiger partial charge in [-0.3, -0.25) is 9.35 Å². The summed E-state index contributed by atoms with van der Waals surface area (Å²) in [5.74, 6) is -5.44. The number of carbonyl (C=O) groups is 1. The van der Waals surface area contributed by atoms with E-state index in [4.69, 9.17) is 4.55 Å². The predicted molar refractivity (Wildman–Crippen MR) is 33.5 cm³/mol. The van der Waals surface area contributed by atoms with Crippen LogP contribution in [0.2, 0.25) is 0 Å². The molecule has 0 aliphatic rings. The van der Waals surface area contributed by atoms with E-state index in [1.165, 1.54) is 0 Å². The number of halogens is 5. The van der Waals surface area contributed by atoms with Gasteiger partial charge in [-0.1, -0.05) is 0 Å². The average Bonchev–Trinajstić information content (AvgIpc) is 2.01. The van der Waals surface area contributed by atoms with E-state index in [1.807, 2.05) is 0 Å². The van der Waals surface area contributed by atoms with Gasteiger partial charge in [0.25, 0.3) is 6.47 Å². The molecule has 0 rings (SSSR count). The molecular formula is C4H3F5O5S. The number of alkyl halides is 5. The summed E-state index contributed by atoms with van der Waals surface area (Å²) in [5, 5.41) is -5.98. The molecule has 1 atom stereocenters. The highest BCUT2D eigenvalue weighted by Gasteiger charge is 2.72. The Hall–Kier alpha value is -0.970. The molecule has 0 aliphatic carbocycles. The third-order valence-corrected chi connectivity index (χ3v) is 2.15. The minimum absolute atomic E-state index is 1.13. The molecule has 11 heteroatoms. The van der Waals surface area contributed by atoms with Crippen molar-refractivity contribution in [3.63, 3.8) is 0 Å². The molecule has 0 aromatic heterocycles. The average molecular weight is 258 g/mol. The molecule has 0 fully saturated rings. The Labute approximate surface area is 79.6 Å². The second kappa shape index (κ2) is 3.89. The maximum Gasteiger partial charge on any atom is 0.444 e. The lowest BCUT2D eigenvalue weighted by atomic mass is 10.3. The fourth-order valence-corrected chi connectivity index (χ4v) is 0.982. The van der Waals surface area contributed by atoms with E-state index in [9.17, 15) is 35.2 Å². The molecule has 0 aromatic carbocycles. The van der Waals surface area contributed by atoms with E-state index in [0.29, 0.717) is 0 Å². The predicted octanol–water partition coefficient (Wildman–Crippen LogP) is 0.571. The first-order valence-corrected chi connectivity index (χ1v) is 4.38. The summed E-state index contributed by atoms with van der Waals surface area (Å²) in [6, 6.07) is 0. The molecule has 0 heterocycles. The molecule has 0 aliphatic heterocycles. The molecule has 1 N–H and O–H groups in total. The van der Waals surface area contributed by atoms with Crippen LogP contribution in [0.25, 0.3) is 0 Å². The van der Waals surface area contributed by atoms with Crippen LogP contribution >= 0.6 is 0 Å². The second-order valence-electron chi connectivity index (χ2n) is 2.15. The Kier molecular flexibility index (Phi) is 3.63. The Balaban J connectivity index is 5.55. The summed E-state index contributed by atoms with van der Waals surface area (Å²) in [6.45, 7) is -1.13. The van der Waals surface area contributed by atoms with Gasteiger partial charge in [-0.05, 0) is 0 Å². The van der Waals surface area contributed by atoms with E-state index < -0.39 is 34.1 Å². The molecule has 1 unspecified atom stereocenters. The summed E-state index contributed by atoms with van der Waals surface area (Å²) in [4.78, 5) is 9.49. The van der Waals surface area contributed by atoms with Crippen molar-refractivity contribution < 1.29 is 44.5 Å². The standard InChI is InChI=1S/C4H3F5O5S/c5-2(6)3(7,14-1-10)4(8,9)15(11,12)13/h1-2H,(H,11,12,13). The summed E-state index contributed by atoms with van der Waals surface area (Å²) in [7, 11) is -6.50. The van der Waals surface area contributed by atoms with Crippen molar-refractivity contribution in [2.45, 2.75) is 17.5 Å². The van der Waals surface area contributed by atoms with Crippen LogP contribution in [0, 0.1) is 0 Å². The zero-order valence-corrected chi connectivity index (χ0v) is 7.35. The van der Waals surface area contributed by atoms with Gasteiger partial charge < -0.3 is 4.74 Å². The van der Waals surface area contributed by atoms with Gasteiger partial charge in [0.2, 0.25) is 0 Å². The van der Waals surface area contributed by atoms with Gasteiger partial charge in [0.05, 0.1) is 0 Å². The minimum atomic E-state index is -6.50. The molecular weight excluding hydrogens is 255 g/mol. The van der Waals surface area contributed by atoms with Crippen LogP contribution in [-0.4, -0.2) is 37.0 Å². The van der Waals surface area contributed by atoms with E-state index in [0.717, 1.165) is 0 Å². The molecule has 0 saturated carbocycles. The van der Waals surface area contributed by atoms with Gasteiger partial charge in [0, 0.05) is 0 Å². The third kappa shape index (κ3) is 2.17. The third-order valence-electron chi connectivity index (χ3n) is 1.22. The summed E-state index contributed by atoms with van der Waals surface area (Å²) >= 11 is 0. The molecule has 0 spiro atoms. The topological polar surface area (TPSA) is 80.7 Å². The van der Waals surface area contributed by atoms with Gasteiger partial charge in [-0.25, -0.2) is 8.78 Å². The summed E-state index contributed by atoms with van der Waals surface area (Å²) in [6.07, 6.45) is -4.67. The lowest BCUT2D eigenvalue weighted by molar-refractivity contribution is -0.276. The van der Waals surface area contributed by atoms with Gasteiger partial charge in [0.15, 0.2) is 0 Å². The van der Waals surface area contributed by atoms with Crippen LogP contribution in [-0.2, 0) is 19.6 Å². The number of rotatable bonds is 5. The van der Waals surface area contributed by atoms with Crippen LogP contribution in [0.3, 0.4) is 0 Å². The van der Waals surface area contributed by atoms with Crippen LogP contribution in [0.15, 0.2) is 0 Å². The second-order valence-corrected chi connectivity index (χ2v) is 3.61. The molecule has 0 radical (unpaired) electrons. The SMILES string of the molecule is O=COC(F)(C(F)F)C(F)(F)S(=O)(=O)O. The molecule has 15 heavy (non-hydrogen) atoms. The quantitative estimate of drug-likeness (QED) is 0.443. The van der Waals surface area contributed by atoms with Crippen LogP contribution in [0.5, 0.6) is 0 Å². The van der Waals surface area contributed by atoms with Crippen molar-refractivity contribution in [1.29, 1.82) is 0 Å². The first-order valence-electron chi connectivity index (χ1n) is 2.94. The smallest absolute Gasteiger partial charge is 0.419 e. The first kappa shape index (κ1) is 14.0. The van der Waals surface area contributed by atoms with E-state index in [1.54, 1.807) is 0 Å². The zero-order chi connectivity index (χ0) is 12.5. The number of carbonyl (C=O) groups excluding carboxylic acids is 1. The van der Waals surface area contributed by atoms with Crippen molar-refractivity contribution in [3.05, 3.63) is 0 Å². The van der Waals surface area contributed by atoms with Gasteiger partial charge in [0.1, 0.15) is 0 Å². The highest BCUT2D eigenvalue weighted by atomic mass is 32.2. The number of hydrogen-bond donors (Lipinski definition) is 1. The maximum atomic E-state index is 12.7. The van der Waals surface area contributed by atoms with Gasteiger partial charge >= 0.3 is 27.7 Å². The van der Waals surface area contributed by atoms with E-state index in [2.05, 4.69) is 4.74 Å². The van der Waals surface area contributed by atoms with E-state index in [-0.39, 0.29) is 0 Å². The Morgan fingerprint density at radius 3 is 1.87 bits per heavy atom. The van der Waals surface area contributed by atoms with Crippen molar-refractivity contribution in [1.82, 2.24) is 0 Å². The lowest BCUT2D eigenvalue weighted by Gasteiger charge is -2.27. The Morgan fingerprint density at radius 2 is 1.67 bits per heavy atom. The van der Waals surface area contributed by atoms with Crippen LogP contribution in [0.4, 0.5) is 22.0 Å². The molecule has 0 aromatic rings. The van der Waals surface area contributed by atoms with Crippen molar-refractivity contribution >= 4 is 16.6 Å². The lowest BCUT2D eigenvalue weighted by Crippen LogP contribution is -2.56. The maximum absolute atomic E-state index is 12.7. The largest absolute Gasteiger partial charge is 0.444 e. The molecule has 0 bridgehead atoms. The molecule has 90 valence electrons. The Bertz CT molecular complexity index is 339. The number of hydrogen-bond acceptors (Lipinski definition) is 4. The highest BCUT2D eigenvalue weighted by molar-refractivity contribution is 7.87. The molecule has 5 nitrogen and oxygen atoms in total. The monoisotopic (exact) mass is 258 g/mol. The van der Waals surface area contributed by atoms with E-state index >= 15 is 0 Å². The normalized spacial score (nSPS) is 17.3. The van der Waals surface area contributed by atoms with Gasteiger partial charge in [-0.2, -0.15) is 21.6 Å². The van der Waals surface area contributed by atoms with Crippen molar-refractivity contribution in [2.75, 3.05) is 0 Å². The summed E-state index contributed by atoms with van der Waals surface area (Å²) in [5.41, 5.74) is 0. The fraction of sp³-hybridized carbons (Fsp3) is 0.750. The fourth-order valence-electron chi connectivity index (χ4n) is 0.493. The molecule has 0 amide bonds. The van der Waals surface area contributed by atoms with Crippen molar-refractivity contribution in [2.24, 2.45) is 0 Å². The molecule has 0 saturated heterocycles.